The molecular weight excluding hydrogens is 215 g/mol. The second-order valence-electron chi connectivity index (χ2n) is 5.57. The normalized spacial score (nSPS) is 32.9. The molecule has 2 N–H and O–H groups in total. The fourth-order valence-corrected chi connectivity index (χ4v) is 3.18. The molecule has 2 nitrogen and oxygen atoms in total. The van der Waals surface area contributed by atoms with E-state index in [0.29, 0.717) is 19.4 Å². The van der Waals surface area contributed by atoms with Crippen molar-refractivity contribution in [2.45, 2.75) is 44.1 Å². The summed E-state index contributed by atoms with van der Waals surface area (Å²) in [7, 11) is 0. The first-order valence-corrected chi connectivity index (χ1v) is 6.38. The summed E-state index contributed by atoms with van der Waals surface area (Å²) < 4.78 is 14.5. The van der Waals surface area contributed by atoms with Crippen LogP contribution in [0.3, 0.4) is 0 Å². The van der Waals surface area contributed by atoms with Gasteiger partial charge in [0, 0.05) is 25.7 Å². The van der Waals surface area contributed by atoms with Crippen molar-refractivity contribution >= 4 is 0 Å². The van der Waals surface area contributed by atoms with Crippen LogP contribution in [-0.2, 0) is 13.1 Å². The Hall–Kier alpha value is -0.930. The third-order valence-electron chi connectivity index (χ3n) is 4.00. The molecule has 1 fully saturated rings. The van der Waals surface area contributed by atoms with Gasteiger partial charge < -0.3 is 5.73 Å². The number of benzene rings is 1. The van der Waals surface area contributed by atoms with Crippen molar-refractivity contribution in [2.75, 3.05) is 6.54 Å². The van der Waals surface area contributed by atoms with Crippen molar-refractivity contribution in [1.29, 1.82) is 0 Å². The number of nitrogens with two attached hydrogens (primary N) is 1. The van der Waals surface area contributed by atoms with Crippen LogP contribution in [0.25, 0.3) is 0 Å². The van der Waals surface area contributed by atoms with E-state index in [4.69, 9.17) is 5.73 Å². The number of rotatable bonds is 2. The lowest BCUT2D eigenvalue weighted by Crippen LogP contribution is -2.36. The minimum Gasteiger partial charge on any atom is -0.328 e. The zero-order valence-electron chi connectivity index (χ0n) is 10.0. The number of hydrogen-bond acceptors (Lipinski definition) is 2. The van der Waals surface area contributed by atoms with Crippen LogP contribution in [-0.4, -0.2) is 23.2 Å². The Kier molecular flexibility index (Phi) is 2.68. The zero-order valence-corrected chi connectivity index (χ0v) is 10.0. The summed E-state index contributed by atoms with van der Waals surface area (Å²) in [6.45, 7) is 2.31. The number of hydrogen-bond donors (Lipinski definition) is 1. The molecule has 17 heavy (non-hydrogen) atoms. The number of alkyl halides is 1. The van der Waals surface area contributed by atoms with Gasteiger partial charge in [-0.05, 0) is 30.4 Å². The summed E-state index contributed by atoms with van der Waals surface area (Å²) >= 11 is 0. The van der Waals surface area contributed by atoms with E-state index in [1.54, 1.807) is 0 Å². The highest BCUT2D eigenvalue weighted by Gasteiger charge is 2.40. The van der Waals surface area contributed by atoms with Crippen LogP contribution in [0.5, 0.6) is 0 Å². The molecule has 3 heteroatoms. The molecule has 3 rings (SSSR count). The quantitative estimate of drug-likeness (QED) is 0.850. The second kappa shape index (κ2) is 4.07. The maximum absolute atomic E-state index is 14.5. The van der Waals surface area contributed by atoms with Crippen molar-refractivity contribution in [1.82, 2.24) is 4.90 Å². The molecule has 1 aliphatic heterocycles. The summed E-state index contributed by atoms with van der Waals surface area (Å²) in [6, 6.07) is 8.45. The molecule has 2 atom stereocenters. The second-order valence-corrected chi connectivity index (χ2v) is 5.57. The molecular formula is C14H19FN2. The van der Waals surface area contributed by atoms with Gasteiger partial charge in [0.25, 0.3) is 0 Å². The van der Waals surface area contributed by atoms with E-state index in [1.807, 2.05) is 0 Å². The van der Waals surface area contributed by atoms with Gasteiger partial charge >= 0.3 is 0 Å². The first-order valence-electron chi connectivity index (χ1n) is 6.38. The van der Waals surface area contributed by atoms with Gasteiger partial charge in [0.2, 0.25) is 0 Å². The SMILES string of the molecule is NC1CCC(F)(CN2Cc3ccccc3C2)C1. The first-order chi connectivity index (χ1) is 8.15. The fraction of sp³-hybridized carbons (Fsp3) is 0.571. The van der Waals surface area contributed by atoms with Gasteiger partial charge in [-0.2, -0.15) is 0 Å². The van der Waals surface area contributed by atoms with Gasteiger partial charge in [0.15, 0.2) is 0 Å². The van der Waals surface area contributed by atoms with E-state index in [1.165, 1.54) is 11.1 Å². The Bertz CT molecular complexity index is 395. The van der Waals surface area contributed by atoms with Crippen molar-refractivity contribution in [3.8, 4) is 0 Å². The third-order valence-corrected chi connectivity index (χ3v) is 4.00. The smallest absolute Gasteiger partial charge is 0.125 e. The predicted octanol–water partition coefficient (Wildman–Crippen LogP) is 2.22. The Morgan fingerprint density at radius 3 is 2.47 bits per heavy atom. The monoisotopic (exact) mass is 234 g/mol. The van der Waals surface area contributed by atoms with Crippen LogP contribution in [0, 0.1) is 0 Å². The van der Waals surface area contributed by atoms with Crippen LogP contribution in [0.4, 0.5) is 4.39 Å². The summed E-state index contributed by atoms with van der Waals surface area (Å²) in [5.74, 6) is 0. The Morgan fingerprint density at radius 2 is 1.94 bits per heavy atom. The summed E-state index contributed by atoms with van der Waals surface area (Å²) in [5, 5.41) is 0. The van der Waals surface area contributed by atoms with Crippen molar-refractivity contribution in [2.24, 2.45) is 5.73 Å². The summed E-state index contributed by atoms with van der Waals surface area (Å²) in [6.07, 6.45) is 1.98. The lowest BCUT2D eigenvalue weighted by Gasteiger charge is -2.26. The first kappa shape index (κ1) is 11.2. The molecule has 0 spiro atoms. The van der Waals surface area contributed by atoms with Gasteiger partial charge in [-0.15, -0.1) is 0 Å². The minimum absolute atomic E-state index is 0.0602. The average Bonchev–Trinajstić information content (AvgIpc) is 2.81. The number of fused-ring (bicyclic) bond motifs is 1. The lowest BCUT2D eigenvalue weighted by molar-refractivity contribution is 0.0954. The molecule has 92 valence electrons. The molecule has 0 saturated heterocycles. The minimum atomic E-state index is -1.05. The van der Waals surface area contributed by atoms with E-state index in [0.717, 1.165) is 19.5 Å². The molecule has 2 unspecified atom stereocenters. The highest BCUT2D eigenvalue weighted by atomic mass is 19.1. The van der Waals surface area contributed by atoms with Crippen LogP contribution < -0.4 is 5.73 Å². The summed E-state index contributed by atoms with van der Waals surface area (Å²) in [4.78, 5) is 2.21. The molecule has 2 aliphatic rings. The third kappa shape index (κ3) is 2.22. The lowest BCUT2D eigenvalue weighted by atomic mass is 10.0. The Morgan fingerprint density at radius 1 is 1.29 bits per heavy atom. The van der Waals surface area contributed by atoms with Gasteiger partial charge in [0.1, 0.15) is 5.67 Å². The topological polar surface area (TPSA) is 29.3 Å². The predicted molar refractivity (Wildman–Crippen MR) is 66.2 cm³/mol. The molecule has 0 bridgehead atoms. The number of halogens is 1. The van der Waals surface area contributed by atoms with Crippen LogP contribution in [0.2, 0.25) is 0 Å². The standard InChI is InChI=1S/C14H19FN2/c15-14(6-5-13(16)7-14)10-17-8-11-3-1-2-4-12(11)9-17/h1-4,13H,5-10,16H2. The van der Waals surface area contributed by atoms with Crippen molar-refractivity contribution < 1.29 is 4.39 Å². The zero-order chi connectivity index (χ0) is 11.9. The molecule has 1 heterocycles. The summed E-state index contributed by atoms with van der Waals surface area (Å²) in [5.41, 5.74) is 7.45. The van der Waals surface area contributed by atoms with Gasteiger partial charge in [0.05, 0.1) is 0 Å². The molecule has 1 aromatic carbocycles. The Balaban J connectivity index is 1.66. The largest absolute Gasteiger partial charge is 0.328 e. The highest BCUT2D eigenvalue weighted by molar-refractivity contribution is 5.30. The van der Waals surface area contributed by atoms with E-state index >= 15 is 0 Å². The van der Waals surface area contributed by atoms with E-state index in [9.17, 15) is 4.39 Å². The molecule has 0 radical (unpaired) electrons. The highest BCUT2D eigenvalue weighted by Crippen LogP contribution is 2.35. The molecule has 1 aromatic rings. The van der Waals surface area contributed by atoms with Crippen LogP contribution >= 0.6 is 0 Å². The molecule has 1 aliphatic carbocycles. The van der Waals surface area contributed by atoms with E-state index in [2.05, 4.69) is 29.2 Å². The fourth-order valence-electron chi connectivity index (χ4n) is 3.18. The van der Waals surface area contributed by atoms with Gasteiger partial charge in [-0.25, -0.2) is 4.39 Å². The van der Waals surface area contributed by atoms with Crippen molar-refractivity contribution in [3.05, 3.63) is 35.4 Å². The van der Waals surface area contributed by atoms with E-state index in [-0.39, 0.29) is 6.04 Å². The maximum Gasteiger partial charge on any atom is 0.125 e. The average molecular weight is 234 g/mol. The molecule has 0 amide bonds. The molecule has 0 aromatic heterocycles. The van der Waals surface area contributed by atoms with E-state index < -0.39 is 5.67 Å². The van der Waals surface area contributed by atoms with Gasteiger partial charge in [-0.1, -0.05) is 24.3 Å². The van der Waals surface area contributed by atoms with Gasteiger partial charge in [-0.3, -0.25) is 4.90 Å². The maximum atomic E-state index is 14.5. The number of nitrogens with zero attached hydrogens (tertiary/aromatic N) is 1. The van der Waals surface area contributed by atoms with Crippen molar-refractivity contribution in [3.63, 3.8) is 0 Å². The van der Waals surface area contributed by atoms with Crippen LogP contribution in [0.1, 0.15) is 30.4 Å². The Labute approximate surface area is 102 Å². The molecule has 1 saturated carbocycles. The van der Waals surface area contributed by atoms with Crippen LogP contribution in [0.15, 0.2) is 24.3 Å².